The third-order valence-corrected chi connectivity index (χ3v) is 3.96. The van der Waals surface area contributed by atoms with Gasteiger partial charge in [0.05, 0.1) is 0 Å². The number of hydrogen-bond acceptors (Lipinski definition) is 3. The van der Waals surface area contributed by atoms with Gasteiger partial charge >= 0.3 is 6.03 Å². The molecule has 1 fully saturated rings. The first-order valence-corrected chi connectivity index (χ1v) is 7.68. The fourth-order valence-corrected chi connectivity index (χ4v) is 2.61. The van der Waals surface area contributed by atoms with E-state index in [0.717, 1.165) is 25.9 Å². The van der Waals surface area contributed by atoms with Crippen LogP contribution in [0.15, 0.2) is 30.3 Å². The van der Waals surface area contributed by atoms with E-state index in [4.69, 9.17) is 0 Å². The molecule has 1 aromatic carbocycles. The molecular formula is C16H25ClN4O2. The van der Waals surface area contributed by atoms with Crippen LogP contribution in [-0.4, -0.2) is 49.1 Å². The maximum Gasteiger partial charge on any atom is 0.319 e. The van der Waals surface area contributed by atoms with Crippen LogP contribution in [0.3, 0.4) is 0 Å². The van der Waals surface area contributed by atoms with Crippen molar-refractivity contribution in [1.82, 2.24) is 15.5 Å². The predicted octanol–water partition coefficient (Wildman–Crippen LogP) is 1.83. The molecule has 0 aliphatic carbocycles. The van der Waals surface area contributed by atoms with Crippen LogP contribution in [0.2, 0.25) is 0 Å². The van der Waals surface area contributed by atoms with Crippen molar-refractivity contribution in [3.05, 3.63) is 30.3 Å². The van der Waals surface area contributed by atoms with E-state index in [2.05, 4.69) is 16.0 Å². The first-order chi connectivity index (χ1) is 10.6. The van der Waals surface area contributed by atoms with E-state index in [9.17, 15) is 9.59 Å². The fraction of sp³-hybridized carbons (Fsp3) is 0.500. The monoisotopic (exact) mass is 340 g/mol. The molecule has 3 amide bonds. The second kappa shape index (κ2) is 9.37. The third kappa shape index (κ3) is 5.73. The molecule has 0 saturated carbocycles. The number of benzene rings is 1. The van der Waals surface area contributed by atoms with E-state index in [-0.39, 0.29) is 24.3 Å². The van der Waals surface area contributed by atoms with Crippen molar-refractivity contribution < 1.29 is 9.59 Å². The van der Waals surface area contributed by atoms with Crippen LogP contribution >= 0.6 is 12.4 Å². The highest BCUT2D eigenvalue weighted by molar-refractivity contribution is 5.93. The number of rotatable bonds is 4. The van der Waals surface area contributed by atoms with Crippen molar-refractivity contribution in [2.24, 2.45) is 0 Å². The Kier molecular flexibility index (Phi) is 7.85. The zero-order valence-corrected chi connectivity index (χ0v) is 14.4. The number of nitrogens with zero attached hydrogens (tertiary/aromatic N) is 1. The van der Waals surface area contributed by atoms with E-state index >= 15 is 0 Å². The molecule has 0 radical (unpaired) electrons. The van der Waals surface area contributed by atoms with Gasteiger partial charge in [0.1, 0.15) is 6.04 Å². The molecule has 128 valence electrons. The van der Waals surface area contributed by atoms with E-state index in [1.54, 1.807) is 19.1 Å². The van der Waals surface area contributed by atoms with Gasteiger partial charge in [0.2, 0.25) is 5.91 Å². The number of likely N-dealkylation sites (tertiary alicyclic amines) is 1. The first-order valence-electron chi connectivity index (χ1n) is 7.68. The van der Waals surface area contributed by atoms with Crippen LogP contribution in [0, 0.1) is 0 Å². The Morgan fingerprint density at radius 1 is 1.17 bits per heavy atom. The van der Waals surface area contributed by atoms with E-state index in [1.807, 2.05) is 30.1 Å². The van der Waals surface area contributed by atoms with Crippen molar-refractivity contribution in [2.45, 2.75) is 31.8 Å². The van der Waals surface area contributed by atoms with E-state index < -0.39 is 6.04 Å². The van der Waals surface area contributed by atoms with Gasteiger partial charge in [0.15, 0.2) is 0 Å². The highest BCUT2D eigenvalue weighted by atomic mass is 35.5. The number of anilines is 1. The summed E-state index contributed by atoms with van der Waals surface area (Å²) in [5.41, 5.74) is 0.703. The van der Waals surface area contributed by atoms with Gasteiger partial charge in [-0.15, -0.1) is 12.4 Å². The number of piperidine rings is 1. The highest BCUT2D eigenvalue weighted by Gasteiger charge is 2.26. The van der Waals surface area contributed by atoms with E-state index in [1.165, 1.54) is 0 Å². The van der Waals surface area contributed by atoms with Gasteiger partial charge in [-0.1, -0.05) is 18.2 Å². The Morgan fingerprint density at radius 2 is 1.78 bits per heavy atom. The molecule has 7 heteroatoms. The van der Waals surface area contributed by atoms with Crippen molar-refractivity contribution in [3.8, 4) is 0 Å². The highest BCUT2D eigenvalue weighted by Crippen LogP contribution is 2.11. The zero-order valence-electron chi connectivity index (χ0n) is 13.5. The summed E-state index contributed by atoms with van der Waals surface area (Å²) in [7, 11) is 1.94. The third-order valence-electron chi connectivity index (χ3n) is 3.96. The molecule has 0 bridgehead atoms. The minimum atomic E-state index is -0.533. The molecule has 23 heavy (non-hydrogen) atoms. The number of halogens is 1. The van der Waals surface area contributed by atoms with Gasteiger partial charge in [-0.3, -0.25) is 4.79 Å². The smallest absolute Gasteiger partial charge is 0.319 e. The summed E-state index contributed by atoms with van der Waals surface area (Å²) in [5.74, 6) is -0.0298. The lowest BCUT2D eigenvalue weighted by molar-refractivity contribution is -0.133. The lowest BCUT2D eigenvalue weighted by atomic mass is 10.0. The maximum absolute atomic E-state index is 12.3. The van der Waals surface area contributed by atoms with Crippen molar-refractivity contribution >= 4 is 30.0 Å². The zero-order chi connectivity index (χ0) is 15.9. The topological polar surface area (TPSA) is 73.5 Å². The molecular weight excluding hydrogens is 316 g/mol. The van der Waals surface area contributed by atoms with Crippen LogP contribution in [0.1, 0.15) is 19.8 Å². The number of hydrogen-bond donors (Lipinski definition) is 3. The maximum atomic E-state index is 12.3. The Morgan fingerprint density at radius 3 is 2.35 bits per heavy atom. The molecule has 2 rings (SSSR count). The Bertz CT molecular complexity index is 504. The molecule has 1 aliphatic heterocycles. The van der Waals surface area contributed by atoms with Crippen LogP contribution in [0.25, 0.3) is 0 Å². The normalized spacial score (nSPS) is 16.2. The molecule has 3 N–H and O–H groups in total. The molecule has 1 aromatic rings. The summed E-state index contributed by atoms with van der Waals surface area (Å²) in [6.45, 7) is 3.18. The molecule has 1 atom stereocenters. The van der Waals surface area contributed by atoms with E-state index in [0.29, 0.717) is 11.7 Å². The Hall–Kier alpha value is -1.79. The van der Waals surface area contributed by atoms with Crippen LogP contribution in [-0.2, 0) is 4.79 Å². The average Bonchev–Trinajstić information content (AvgIpc) is 2.55. The van der Waals surface area contributed by atoms with Crippen LogP contribution in [0.4, 0.5) is 10.5 Å². The van der Waals surface area contributed by atoms with Gasteiger partial charge in [0, 0.05) is 24.8 Å². The molecule has 0 aromatic heterocycles. The SMILES string of the molecule is CNC1CCN(C(=O)C(C)NC(=O)Nc2ccccc2)CC1.Cl. The second-order valence-electron chi connectivity index (χ2n) is 5.57. The molecule has 1 heterocycles. The van der Waals surface area contributed by atoms with Gasteiger partial charge < -0.3 is 20.9 Å². The number of nitrogens with one attached hydrogen (secondary N) is 3. The quantitative estimate of drug-likeness (QED) is 0.783. The molecule has 1 saturated heterocycles. The standard InChI is InChI=1S/C16H24N4O2.ClH/c1-12(15(21)20-10-8-13(17-2)9-11-20)18-16(22)19-14-6-4-3-5-7-14;/h3-7,12-13,17H,8-11H2,1-2H3,(H2,18,19,22);1H. The second-order valence-corrected chi connectivity index (χ2v) is 5.57. The van der Waals surface area contributed by atoms with Crippen molar-refractivity contribution in [1.29, 1.82) is 0 Å². The summed E-state index contributed by atoms with van der Waals surface area (Å²) in [6, 6.07) is 8.75. The van der Waals surface area contributed by atoms with Gasteiger partial charge in [-0.05, 0) is 38.9 Å². The number of amides is 3. The predicted molar refractivity (Wildman–Crippen MR) is 94.0 cm³/mol. The Labute approximate surface area is 143 Å². The van der Waals surface area contributed by atoms with Gasteiger partial charge in [0.25, 0.3) is 0 Å². The summed E-state index contributed by atoms with van der Waals surface area (Å²) >= 11 is 0. The number of para-hydroxylation sites is 1. The number of urea groups is 1. The summed E-state index contributed by atoms with van der Waals surface area (Å²) in [6.07, 6.45) is 1.90. The summed E-state index contributed by atoms with van der Waals surface area (Å²) in [4.78, 5) is 26.1. The van der Waals surface area contributed by atoms with Crippen LogP contribution < -0.4 is 16.0 Å². The number of carbonyl (C=O) groups is 2. The lowest BCUT2D eigenvalue weighted by Crippen LogP contribution is -2.51. The fourth-order valence-electron chi connectivity index (χ4n) is 2.61. The molecule has 1 aliphatic rings. The molecule has 0 spiro atoms. The van der Waals surface area contributed by atoms with Crippen molar-refractivity contribution in [2.75, 3.05) is 25.5 Å². The van der Waals surface area contributed by atoms with Gasteiger partial charge in [-0.25, -0.2) is 4.79 Å². The first kappa shape index (κ1) is 19.3. The average molecular weight is 341 g/mol. The minimum Gasteiger partial charge on any atom is -0.341 e. The largest absolute Gasteiger partial charge is 0.341 e. The molecule has 6 nitrogen and oxygen atoms in total. The van der Waals surface area contributed by atoms with Crippen molar-refractivity contribution in [3.63, 3.8) is 0 Å². The Balaban J connectivity index is 0.00000264. The minimum absolute atomic E-state index is 0. The van der Waals surface area contributed by atoms with Crippen LogP contribution in [0.5, 0.6) is 0 Å². The molecule has 1 unspecified atom stereocenters. The number of carbonyl (C=O) groups excluding carboxylic acids is 2. The summed E-state index contributed by atoms with van der Waals surface area (Å²) in [5, 5.41) is 8.64. The van der Waals surface area contributed by atoms with Gasteiger partial charge in [-0.2, -0.15) is 0 Å². The summed E-state index contributed by atoms with van der Waals surface area (Å²) < 4.78 is 0. The lowest BCUT2D eigenvalue weighted by Gasteiger charge is -2.33.